The van der Waals surface area contributed by atoms with Crippen LogP contribution in [0.2, 0.25) is 0 Å². The number of methoxy groups -OCH3 is 2. The van der Waals surface area contributed by atoms with Gasteiger partial charge in [0, 0.05) is 16.8 Å². The molecule has 30 heavy (non-hydrogen) atoms. The number of phenolic OH excluding ortho intramolecular Hbond substituents is 1. The van der Waals surface area contributed by atoms with Gasteiger partial charge in [-0.3, -0.25) is 4.79 Å². The lowest BCUT2D eigenvalue weighted by Crippen LogP contribution is -2.32. The molecule has 0 fully saturated rings. The molecule has 1 unspecified atom stereocenters. The fraction of sp³-hybridized carbons (Fsp3) is 0.190. The number of benzene rings is 2. The molecule has 1 aliphatic heterocycles. The van der Waals surface area contributed by atoms with Crippen LogP contribution in [0, 0.1) is 0 Å². The van der Waals surface area contributed by atoms with Gasteiger partial charge in [-0.1, -0.05) is 12.1 Å². The van der Waals surface area contributed by atoms with Crippen molar-refractivity contribution in [3.63, 3.8) is 0 Å². The van der Waals surface area contributed by atoms with Crippen molar-refractivity contribution < 1.29 is 19.4 Å². The largest absolute Gasteiger partial charge is 0.508 e. The van der Waals surface area contributed by atoms with Crippen molar-refractivity contribution in [1.82, 2.24) is 14.8 Å². The number of amides is 1. The van der Waals surface area contributed by atoms with Gasteiger partial charge in [0.05, 0.1) is 19.8 Å². The minimum Gasteiger partial charge on any atom is -0.508 e. The summed E-state index contributed by atoms with van der Waals surface area (Å²) in [5.41, 5.74) is 7.93. The van der Waals surface area contributed by atoms with Gasteiger partial charge in [0.25, 0.3) is 0 Å². The van der Waals surface area contributed by atoms with Crippen LogP contribution in [0.1, 0.15) is 18.5 Å². The van der Waals surface area contributed by atoms with Crippen molar-refractivity contribution in [2.75, 3.05) is 19.5 Å². The first-order valence-electron chi connectivity index (χ1n) is 9.18. The van der Waals surface area contributed by atoms with Crippen LogP contribution in [-0.2, 0) is 4.79 Å². The number of nitrogens with zero attached hydrogens (tertiary/aromatic N) is 3. The molecule has 2 heterocycles. The van der Waals surface area contributed by atoms with Crippen molar-refractivity contribution in [2.24, 2.45) is 5.73 Å². The summed E-state index contributed by atoms with van der Waals surface area (Å²) in [5.74, 6) is 1.49. The monoisotopic (exact) mass is 407 g/mol. The zero-order valence-corrected chi connectivity index (χ0v) is 16.7. The number of phenols is 1. The van der Waals surface area contributed by atoms with Crippen LogP contribution in [0.4, 0.5) is 5.95 Å². The Morgan fingerprint density at radius 1 is 1.20 bits per heavy atom. The number of nitrogens with two attached hydrogens (primary N) is 1. The van der Waals surface area contributed by atoms with E-state index < -0.39 is 11.9 Å². The molecule has 0 radical (unpaired) electrons. The number of primary amides is 1. The van der Waals surface area contributed by atoms with Crippen LogP contribution in [0.5, 0.6) is 17.2 Å². The van der Waals surface area contributed by atoms with Crippen molar-refractivity contribution in [1.29, 1.82) is 0 Å². The lowest BCUT2D eigenvalue weighted by molar-refractivity contribution is -0.115. The number of carbonyl (C=O) groups excluding carboxylic acids is 1. The number of ether oxygens (including phenoxy) is 2. The van der Waals surface area contributed by atoms with Crippen molar-refractivity contribution in [2.45, 2.75) is 13.0 Å². The molecule has 2 aromatic carbocycles. The average Bonchev–Trinajstić information content (AvgIpc) is 3.15. The number of rotatable bonds is 5. The standard InChI is InChI=1S/C21H21N5O4/c1-11-17(19(22)28)18(15-10-14(29-2)7-8-16(15)30-3)26-21(23-11)24-20(25-26)12-5-4-6-13(27)9-12/h4-10,18,27H,1-3H3,(H2,22,28)(H,23,24,25). The minimum absolute atomic E-state index is 0.103. The Kier molecular flexibility index (Phi) is 4.78. The lowest BCUT2D eigenvalue weighted by Gasteiger charge is -2.28. The minimum atomic E-state index is -0.678. The maximum Gasteiger partial charge on any atom is 0.248 e. The normalized spacial score (nSPS) is 15.4. The Balaban J connectivity index is 1.94. The third kappa shape index (κ3) is 3.20. The number of aromatic nitrogens is 3. The second kappa shape index (κ2) is 7.43. The van der Waals surface area contributed by atoms with Crippen molar-refractivity contribution in [3.05, 3.63) is 59.3 Å². The summed E-state index contributed by atoms with van der Waals surface area (Å²) in [4.78, 5) is 16.9. The molecule has 0 bridgehead atoms. The molecule has 4 N–H and O–H groups in total. The van der Waals surface area contributed by atoms with E-state index in [-0.39, 0.29) is 5.75 Å². The summed E-state index contributed by atoms with van der Waals surface area (Å²) in [6.45, 7) is 1.76. The van der Waals surface area contributed by atoms with Gasteiger partial charge in [0.2, 0.25) is 11.9 Å². The summed E-state index contributed by atoms with van der Waals surface area (Å²) in [5, 5.41) is 17.5. The van der Waals surface area contributed by atoms with Crippen LogP contribution in [-0.4, -0.2) is 40.0 Å². The SMILES string of the molecule is COc1ccc(OC)c(C2C(C(N)=O)=C(C)Nc3nc(-c4cccc(O)c4)nn32)c1. The van der Waals surface area contributed by atoms with E-state index in [9.17, 15) is 9.90 Å². The first-order valence-corrected chi connectivity index (χ1v) is 9.18. The predicted octanol–water partition coefficient (Wildman–Crippen LogP) is 2.44. The van der Waals surface area contributed by atoms with Gasteiger partial charge in [-0.2, -0.15) is 4.98 Å². The van der Waals surface area contributed by atoms with E-state index in [4.69, 9.17) is 15.2 Å². The molecule has 1 amide bonds. The molecule has 154 valence electrons. The second-order valence-corrected chi connectivity index (χ2v) is 6.79. The summed E-state index contributed by atoms with van der Waals surface area (Å²) in [7, 11) is 3.11. The van der Waals surface area contributed by atoms with Crippen molar-refractivity contribution >= 4 is 11.9 Å². The third-order valence-electron chi connectivity index (χ3n) is 4.95. The topological polar surface area (TPSA) is 125 Å². The van der Waals surface area contributed by atoms with E-state index in [1.54, 1.807) is 68.3 Å². The number of anilines is 1. The van der Waals surface area contributed by atoms with Gasteiger partial charge < -0.3 is 25.6 Å². The predicted molar refractivity (Wildman–Crippen MR) is 110 cm³/mol. The summed E-state index contributed by atoms with van der Waals surface area (Å²) in [6.07, 6.45) is 0. The molecular weight excluding hydrogens is 386 g/mol. The number of allylic oxidation sites excluding steroid dienone is 1. The van der Waals surface area contributed by atoms with Gasteiger partial charge in [0.15, 0.2) is 5.82 Å². The molecule has 1 atom stereocenters. The first kappa shape index (κ1) is 19.3. The smallest absolute Gasteiger partial charge is 0.248 e. The number of aromatic hydroxyl groups is 1. The first-order chi connectivity index (χ1) is 14.4. The Morgan fingerprint density at radius 2 is 2.00 bits per heavy atom. The Morgan fingerprint density at radius 3 is 2.67 bits per heavy atom. The Labute approximate surface area is 172 Å². The molecule has 9 heteroatoms. The molecule has 0 saturated carbocycles. The number of hydrogen-bond acceptors (Lipinski definition) is 7. The van der Waals surface area contributed by atoms with Crippen LogP contribution in [0.3, 0.4) is 0 Å². The highest BCUT2D eigenvalue weighted by Crippen LogP contribution is 2.41. The quantitative estimate of drug-likeness (QED) is 0.593. The van der Waals surface area contributed by atoms with Gasteiger partial charge in [-0.15, -0.1) is 5.10 Å². The van der Waals surface area contributed by atoms with Crippen LogP contribution >= 0.6 is 0 Å². The molecule has 1 aromatic heterocycles. The van der Waals surface area contributed by atoms with Crippen LogP contribution < -0.4 is 20.5 Å². The third-order valence-corrected chi connectivity index (χ3v) is 4.95. The zero-order valence-electron chi connectivity index (χ0n) is 16.7. The summed E-state index contributed by atoms with van der Waals surface area (Å²) < 4.78 is 12.5. The van der Waals surface area contributed by atoms with E-state index in [0.29, 0.717) is 45.7 Å². The summed E-state index contributed by atoms with van der Waals surface area (Å²) in [6, 6.07) is 11.3. The fourth-order valence-electron chi connectivity index (χ4n) is 3.58. The maximum absolute atomic E-state index is 12.4. The maximum atomic E-state index is 12.4. The Hall–Kier alpha value is -4.01. The van der Waals surface area contributed by atoms with E-state index in [1.165, 1.54) is 0 Å². The molecule has 3 aromatic rings. The highest BCUT2D eigenvalue weighted by Gasteiger charge is 2.35. The second-order valence-electron chi connectivity index (χ2n) is 6.79. The van der Waals surface area contributed by atoms with Gasteiger partial charge in [-0.25, -0.2) is 4.68 Å². The number of fused-ring (bicyclic) bond motifs is 1. The molecule has 0 aliphatic carbocycles. The Bertz CT molecular complexity index is 1170. The summed E-state index contributed by atoms with van der Waals surface area (Å²) >= 11 is 0. The van der Waals surface area contributed by atoms with Gasteiger partial charge >= 0.3 is 0 Å². The average molecular weight is 407 g/mol. The fourth-order valence-corrected chi connectivity index (χ4v) is 3.58. The van der Waals surface area contributed by atoms with E-state index >= 15 is 0 Å². The molecule has 0 saturated heterocycles. The highest BCUT2D eigenvalue weighted by atomic mass is 16.5. The highest BCUT2D eigenvalue weighted by molar-refractivity contribution is 5.95. The van der Waals surface area contributed by atoms with Crippen molar-refractivity contribution in [3.8, 4) is 28.6 Å². The number of hydrogen-bond donors (Lipinski definition) is 3. The number of nitrogens with one attached hydrogen (secondary N) is 1. The van der Waals surface area contributed by atoms with Crippen LogP contribution in [0.15, 0.2) is 53.7 Å². The van der Waals surface area contributed by atoms with Gasteiger partial charge in [-0.05, 0) is 37.3 Å². The zero-order chi connectivity index (χ0) is 21.4. The van der Waals surface area contributed by atoms with E-state index in [2.05, 4.69) is 15.4 Å². The van der Waals surface area contributed by atoms with Crippen LogP contribution in [0.25, 0.3) is 11.4 Å². The van der Waals surface area contributed by atoms with E-state index in [0.717, 1.165) is 0 Å². The molecule has 4 rings (SSSR count). The molecule has 1 aliphatic rings. The number of carbonyl (C=O) groups is 1. The molecular formula is C21H21N5O4. The molecule has 0 spiro atoms. The molecule has 9 nitrogen and oxygen atoms in total. The van der Waals surface area contributed by atoms with E-state index in [1.807, 2.05) is 0 Å². The van der Waals surface area contributed by atoms with Gasteiger partial charge in [0.1, 0.15) is 23.3 Å². The lowest BCUT2D eigenvalue weighted by atomic mass is 9.94.